The number of esters is 1. The Morgan fingerprint density at radius 1 is 1.35 bits per heavy atom. The molecule has 2 fully saturated rings. The van der Waals surface area contributed by atoms with Crippen LogP contribution in [0.3, 0.4) is 0 Å². The van der Waals surface area contributed by atoms with Gasteiger partial charge in [0.2, 0.25) is 14.2 Å². The molecule has 164 valence electrons. The van der Waals surface area contributed by atoms with Crippen molar-refractivity contribution in [3.8, 4) is 0 Å². The minimum Gasteiger partial charge on any atom is -0.461 e. The summed E-state index contributed by atoms with van der Waals surface area (Å²) in [4.78, 5) is 29.1. The van der Waals surface area contributed by atoms with E-state index in [-0.39, 0.29) is 22.6 Å². The van der Waals surface area contributed by atoms with Crippen molar-refractivity contribution >= 4 is 47.3 Å². The van der Waals surface area contributed by atoms with E-state index in [1.54, 1.807) is 11.2 Å². The molecule has 1 aromatic heterocycles. The molecule has 1 atom stereocenters. The summed E-state index contributed by atoms with van der Waals surface area (Å²) in [5, 5.41) is 1.94. The zero-order valence-corrected chi connectivity index (χ0v) is 20.5. The molecule has 2 aromatic rings. The Morgan fingerprint density at radius 2 is 2.16 bits per heavy atom. The van der Waals surface area contributed by atoms with Crippen LogP contribution in [0.2, 0.25) is 0 Å². The van der Waals surface area contributed by atoms with Gasteiger partial charge in [-0.15, -0.1) is 11.2 Å². The molecular formula is C23H28N2O4SSi. The minimum absolute atomic E-state index is 0.0461. The summed E-state index contributed by atoms with van der Waals surface area (Å²) in [6, 6.07) is 8.51. The van der Waals surface area contributed by atoms with Crippen LogP contribution < -0.4 is 0 Å². The number of carbonyl (C=O) groups excluding carboxylic acids is 2. The maximum absolute atomic E-state index is 12.9. The molecule has 1 aliphatic carbocycles. The number of benzene rings is 1. The monoisotopic (exact) mass is 456 g/mol. The first-order valence-electron chi connectivity index (χ1n) is 11.0. The summed E-state index contributed by atoms with van der Waals surface area (Å²) < 4.78 is 13.4. The van der Waals surface area contributed by atoms with Gasteiger partial charge < -0.3 is 14.0 Å². The maximum atomic E-state index is 12.9. The Bertz CT molecular complexity index is 1100. The number of fused-ring (bicyclic) bond motifs is 1. The maximum Gasteiger partial charge on any atom is 0.355 e. The van der Waals surface area contributed by atoms with Gasteiger partial charge in [0.25, 0.3) is 0 Å². The second-order valence-electron chi connectivity index (χ2n) is 9.33. The lowest BCUT2D eigenvalue weighted by atomic mass is 9.83. The first kappa shape index (κ1) is 21.0. The summed E-state index contributed by atoms with van der Waals surface area (Å²) in [6.45, 7) is 7.21. The van der Waals surface area contributed by atoms with Crippen LogP contribution in [0.1, 0.15) is 68.4 Å². The van der Waals surface area contributed by atoms with E-state index < -0.39 is 8.67 Å². The number of aromatic nitrogens is 1. The number of hydrogen-bond donors (Lipinski definition) is 0. The molecule has 1 amide bonds. The zero-order valence-electron chi connectivity index (χ0n) is 18.3. The number of hydrogen-bond acceptors (Lipinski definition) is 5. The molecule has 0 bridgehead atoms. The second kappa shape index (κ2) is 7.60. The highest BCUT2D eigenvalue weighted by molar-refractivity contribution is 8.36. The summed E-state index contributed by atoms with van der Waals surface area (Å²) in [5.41, 5.74) is 2.42. The van der Waals surface area contributed by atoms with E-state index in [1.165, 1.54) is 5.56 Å². The SMILES string of the molecule is CCOC(=O)c1cc2cc(C3CCOC(C)(C)C3)ccc2n1C1(C2=NC(=O)[SiH2]S2)CC1. The Balaban J connectivity index is 1.61. The van der Waals surface area contributed by atoms with Crippen molar-refractivity contribution in [2.24, 2.45) is 4.99 Å². The normalized spacial score (nSPS) is 25.1. The molecule has 0 spiro atoms. The average Bonchev–Trinajstić information content (AvgIpc) is 3.24. The lowest BCUT2D eigenvalue weighted by Crippen LogP contribution is -2.33. The van der Waals surface area contributed by atoms with E-state index in [0.717, 1.165) is 48.2 Å². The molecule has 0 N–H and O–H groups in total. The molecule has 1 aromatic carbocycles. The van der Waals surface area contributed by atoms with E-state index in [2.05, 4.69) is 41.6 Å². The molecule has 1 unspecified atom stereocenters. The van der Waals surface area contributed by atoms with Gasteiger partial charge in [0.05, 0.1) is 22.8 Å². The number of rotatable bonds is 5. The fourth-order valence-electron chi connectivity index (χ4n) is 5.02. The number of aliphatic imine (C=N–C) groups is 1. The number of nitrogens with zero attached hydrogens (tertiary/aromatic N) is 2. The van der Waals surface area contributed by atoms with Crippen LogP contribution in [-0.4, -0.2) is 48.6 Å². The molecular weight excluding hydrogens is 428 g/mol. The fraction of sp³-hybridized carbons (Fsp3) is 0.522. The fourth-order valence-corrected chi connectivity index (χ4v) is 8.32. The minimum atomic E-state index is -0.899. The van der Waals surface area contributed by atoms with E-state index in [0.29, 0.717) is 18.2 Å². The zero-order chi connectivity index (χ0) is 21.8. The molecule has 1 saturated carbocycles. The quantitative estimate of drug-likeness (QED) is 0.495. The number of carbonyl (C=O) groups is 2. The van der Waals surface area contributed by atoms with Gasteiger partial charge in [-0.2, -0.15) is 0 Å². The van der Waals surface area contributed by atoms with Crippen molar-refractivity contribution in [1.82, 2.24) is 4.57 Å². The number of ether oxygens (including phenoxy) is 2. The van der Waals surface area contributed by atoms with Gasteiger partial charge in [0, 0.05) is 17.5 Å². The van der Waals surface area contributed by atoms with Crippen LogP contribution >= 0.6 is 11.2 Å². The first-order valence-corrected chi connectivity index (χ1v) is 14.5. The van der Waals surface area contributed by atoms with Crippen molar-refractivity contribution in [1.29, 1.82) is 0 Å². The Kier molecular flexibility index (Phi) is 5.14. The summed E-state index contributed by atoms with van der Waals surface area (Å²) in [7, 11) is -0.899. The highest BCUT2D eigenvalue weighted by atomic mass is 32.4. The third-order valence-electron chi connectivity index (χ3n) is 6.59. The largest absolute Gasteiger partial charge is 0.461 e. The van der Waals surface area contributed by atoms with Gasteiger partial charge in [0.15, 0.2) is 0 Å². The van der Waals surface area contributed by atoms with Crippen molar-refractivity contribution in [2.75, 3.05) is 13.2 Å². The topological polar surface area (TPSA) is 69.9 Å². The third-order valence-corrected chi connectivity index (χ3v) is 9.88. The van der Waals surface area contributed by atoms with Crippen LogP contribution in [0.5, 0.6) is 0 Å². The highest BCUT2D eigenvalue weighted by Gasteiger charge is 2.53. The second-order valence-corrected chi connectivity index (χ2v) is 12.6. The van der Waals surface area contributed by atoms with Gasteiger partial charge >= 0.3 is 5.97 Å². The lowest BCUT2D eigenvalue weighted by Gasteiger charge is -2.35. The molecule has 0 radical (unpaired) electrons. The molecule has 5 rings (SSSR count). The Morgan fingerprint density at radius 3 is 2.81 bits per heavy atom. The van der Waals surface area contributed by atoms with E-state index in [1.807, 2.05) is 13.0 Å². The van der Waals surface area contributed by atoms with Gasteiger partial charge in [-0.1, -0.05) is 6.07 Å². The molecule has 3 heterocycles. The van der Waals surface area contributed by atoms with Crippen molar-refractivity contribution in [2.45, 2.75) is 63.5 Å². The van der Waals surface area contributed by atoms with E-state index in [4.69, 9.17) is 9.47 Å². The third kappa shape index (κ3) is 3.68. The average molecular weight is 457 g/mol. The molecule has 3 aliphatic rings. The van der Waals surface area contributed by atoms with Crippen molar-refractivity contribution in [3.63, 3.8) is 0 Å². The van der Waals surface area contributed by atoms with Crippen LogP contribution in [0, 0.1) is 0 Å². The summed E-state index contributed by atoms with van der Waals surface area (Å²) in [6.07, 6.45) is 3.78. The highest BCUT2D eigenvalue weighted by Crippen LogP contribution is 2.51. The van der Waals surface area contributed by atoms with Crippen LogP contribution in [0.15, 0.2) is 29.3 Å². The smallest absolute Gasteiger partial charge is 0.355 e. The molecule has 8 heteroatoms. The predicted octanol–water partition coefficient (Wildman–Crippen LogP) is 4.33. The van der Waals surface area contributed by atoms with E-state index in [9.17, 15) is 9.59 Å². The van der Waals surface area contributed by atoms with Crippen LogP contribution in [0.25, 0.3) is 10.9 Å². The van der Waals surface area contributed by atoms with Crippen LogP contribution in [-0.2, 0) is 15.0 Å². The first-order chi connectivity index (χ1) is 14.8. The van der Waals surface area contributed by atoms with Gasteiger partial charge in [0.1, 0.15) is 5.69 Å². The van der Waals surface area contributed by atoms with Crippen LogP contribution in [0.4, 0.5) is 4.79 Å². The van der Waals surface area contributed by atoms with E-state index >= 15 is 0 Å². The van der Waals surface area contributed by atoms with Gasteiger partial charge in [-0.25, -0.2) is 9.79 Å². The Hall–Kier alpha value is -1.90. The van der Waals surface area contributed by atoms with Gasteiger partial charge in [-0.05, 0) is 76.1 Å². The summed E-state index contributed by atoms with van der Waals surface area (Å²) in [5.74, 6) is 0.127. The summed E-state index contributed by atoms with van der Waals surface area (Å²) >= 11 is 1.64. The lowest BCUT2D eigenvalue weighted by molar-refractivity contribution is -0.0592. The predicted molar refractivity (Wildman–Crippen MR) is 126 cm³/mol. The van der Waals surface area contributed by atoms with Gasteiger partial charge in [-0.3, -0.25) is 4.79 Å². The number of amides is 1. The molecule has 2 aliphatic heterocycles. The molecule has 6 nitrogen and oxygen atoms in total. The molecule has 31 heavy (non-hydrogen) atoms. The van der Waals surface area contributed by atoms with Crippen molar-refractivity contribution in [3.05, 3.63) is 35.5 Å². The standard InChI is InChI=1S/C23H28N2O4SSi/c1-4-28-19(26)18-12-16-11-14(15-7-10-29-22(2,3)13-15)5-6-17(16)25(18)23(8-9-23)20-24-21(27)31-30-20/h5-6,11-12,15H,4,7-10,13,31H2,1-3H3. The van der Waals surface area contributed by atoms with Crippen molar-refractivity contribution < 1.29 is 19.1 Å². The Labute approximate surface area is 188 Å². The molecule has 1 saturated heterocycles.